The second-order valence-electron chi connectivity index (χ2n) is 9.05. The van der Waals surface area contributed by atoms with Crippen molar-refractivity contribution in [3.05, 3.63) is 76.5 Å². The van der Waals surface area contributed by atoms with E-state index in [9.17, 15) is 14.8 Å². The van der Waals surface area contributed by atoms with Crippen molar-refractivity contribution in [2.45, 2.75) is 44.3 Å². The molecule has 10 heteroatoms. The molecule has 4 aromatic rings. The second kappa shape index (κ2) is 10.1. The summed E-state index contributed by atoms with van der Waals surface area (Å²) >= 11 is 6.64. The molecule has 36 heavy (non-hydrogen) atoms. The lowest BCUT2D eigenvalue weighted by Gasteiger charge is -2.21. The third kappa shape index (κ3) is 4.96. The summed E-state index contributed by atoms with van der Waals surface area (Å²) in [6, 6.07) is 12.0. The van der Waals surface area contributed by atoms with Gasteiger partial charge in [-0.3, -0.25) is 4.98 Å². The summed E-state index contributed by atoms with van der Waals surface area (Å²) in [5.41, 5.74) is 3.73. The molecule has 2 aromatic heterocycles. The highest BCUT2D eigenvalue weighted by molar-refractivity contribution is 6.35. The molecule has 0 saturated heterocycles. The van der Waals surface area contributed by atoms with Crippen LogP contribution in [-0.2, 0) is 0 Å². The minimum Gasteiger partial charge on any atom is -0.396 e. The van der Waals surface area contributed by atoms with Gasteiger partial charge in [-0.05, 0) is 56.0 Å². The normalized spacial score (nSPS) is 14.9. The van der Waals surface area contributed by atoms with Crippen molar-refractivity contribution < 1.29 is 9.50 Å². The van der Waals surface area contributed by atoms with E-state index in [-0.39, 0.29) is 18.5 Å². The van der Waals surface area contributed by atoms with Crippen LogP contribution in [0.15, 0.2) is 48.8 Å². The van der Waals surface area contributed by atoms with Gasteiger partial charge in [0.1, 0.15) is 17.6 Å². The van der Waals surface area contributed by atoms with Crippen molar-refractivity contribution in [1.29, 1.82) is 5.26 Å². The zero-order valence-corrected chi connectivity index (χ0v) is 20.4. The summed E-state index contributed by atoms with van der Waals surface area (Å²) < 4.78 is 15.5. The van der Waals surface area contributed by atoms with Crippen LogP contribution in [0.5, 0.6) is 0 Å². The van der Waals surface area contributed by atoms with Crippen molar-refractivity contribution in [3.63, 3.8) is 0 Å². The van der Waals surface area contributed by atoms with E-state index in [1.807, 2.05) is 23.9 Å². The quantitative estimate of drug-likeness (QED) is 0.286. The second-order valence-corrected chi connectivity index (χ2v) is 9.46. The summed E-state index contributed by atoms with van der Waals surface area (Å²) in [6.07, 6.45) is 6.09. The summed E-state index contributed by atoms with van der Waals surface area (Å²) in [6.45, 7) is 1.95. The number of nitriles is 1. The Bertz CT molecular complexity index is 1430. The van der Waals surface area contributed by atoms with Crippen molar-refractivity contribution >= 4 is 33.9 Å². The third-order valence-corrected chi connectivity index (χ3v) is 6.55. The highest BCUT2D eigenvalue weighted by Gasteiger charge is 2.27. The maximum Gasteiger partial charge on any atom is 0.123 e. The summed E-state index contributed by atoms with van der Waals surface area (Å²) in [7, 11) is 0. The lowest BCUT2D eigenvalue weighted by molar-refractivity contribution is 0.282. The van der Waals surface area contributed by atoms with Crippen LogP contribution in [0.4, 0.5) is 15.8 Å². The zero-order valence-electron chi connectivity index (χ0n) is 19.6. The number of benzene rings is 2. The molecule has 0 amide bonds. The van der Waals surface area contributed by atoms with Crippen molar-refractivity contribution in [2.24, 2.45) is 0 Å². The average molecular weight is 506 g/mol. The molecule has 0 radical (unpaired) electrons. The number of fused-ring (bicyclic) bond motifs is 1. The molecule has 2 atom stereocenters. The minimum absolute atomic E-state index is 0.0214. The molecule has 184 valence electrons. The molecule has 5 rings (SSSR count). The lowest BCUT2D eigenvalue weighted by Crippen LogP contribution is -2.18. The van der Waals surface area contributed by atoms with Crippen molar-refractivity contribution in [3.8, 4) is 6.07 Å². The first-order valence-corrected chi connectivity index (χ1v) is 12.2. The highest BCUT2D eigenvalue weighted by atomic mass is 35.5. The van der Waals surface area contributed by atoms with Gasteiger partial charge in [-0.1, -0.05) is 28.9 Å². The molecule has 2 aromatic carbocycles. The molecule has 1 aliphatic carbocycles. The van der Waals surface area contributed by atoms with Crippen LogP contribution in [0.1, 0.15) is 55.1 Å². The van der Waals surface area contributed by atoms with Gasteiger partial charge in [0.15, 0.2) is 0 Å². The Hall–Kier alpha value is -3.74. The molecule has 2 unspecified atom stereocenters. The number of rotatable bonds is 9. The molecule has 8 nitrogen and oxygen atoms in total. The number of hydrogen-bond acceptors (Lipinski definition) is 7. The summed E-state index contributed by atoms with van der Waals surface area (Å²) in [5.74, 6) is -0.323. The van der Waals surface area contributed by atoms with E-state index in [4.69, 9.17) is 11.6 Å². The Morgan fingerprint density at radius 3 is 2.72 bits per heavy atom. The number of nitrogens with one attached hydrogen (secondary N) is 2. The van der Waals surface area contributed by atoms with E-state index < -0.39 is 6.04 Å². The van der Waals surface area contributed by atoms with E-state index in [0.29, 0.717) is 51.0 Å². The van der Waals surface area contributed by atoms with Crippen LogP contribution >= 0.6 is 11.6 Å². The number of hydrogen-bond donors (Lipinski definition) is 3. The fourth-order valence-corrected chi connectivity index (χ4v) is 4.45. The first kappa shape index (κ1) is 24.0. The van der Waals surface area contributed by atoms with E-state index in [1.165, 1.54) is 18.3 Å². The molecule has 1 saturated carbocycles. The number of anilines is 2. The van der Waals surface area contributed by atoms with E-state index in [1.54, 1.807) is 18.2 Å². The Labute approximate surface area is 212 Å². The van der Waals surface area contributed by atoms with Crippen LogP contribution in [0.25, 0.3) is 10.9 Å². The van der Waals surface area contributed by atoms with Gasteiger partial charge in [-0.15, -0.1) is 5.10 Å². The maximum absolute atomic E-state index is 13.7. The van der Waals surface area contributed by atoms with Crippen LogP contribution in [0, 0.1) is 17.1 Å². The fraction of sp³-hybridized carbons (Fsp3) is 0.308. The lowest BCUT2D eigenvalue weighted by atomic mass is 10.0. The Morgan fingerprint density at radius 2 is 2.03 bits per heavy atom. The van der Waals surface area contributed by atoms with Crippen molar-refractivity contribution in [2.75, 3.05) is 17.2 Å². The topological polar surface area (TPSA) is 112 Å². The number of aliphatic hydroxyl groups is 1. The number of aliphatic hydroxyl groups excluding tert-OH is 1. The predicted molar refractivity (Wildman–Crippen MR) is 136 cm³/mol. The number of halogens is 2. The molecular formula is C26H25ClFN7O. The average Bonchev–Trinajstić information content (AvgIpc) is 3.60. The van der Waals surface area contributed by atoms with E-state index in [0.717, 1.165) is 18.4 Å². The number of pyridine rings is 1. The third-order valence-electron chi connectivity index (χ3n) is 6.26. The largest absolute Gasteiger partial charge is 0.396 e. The van der Waals surface area contributed by atoms with Crippen molar-refractivity contribution in [1.82, 2.24) is 20.0 Å². The molecule has 0 spiro atoms. The van der Waals surface area contributed by atoms with Gasteiger partial charge in [-0.25, -0.2) is 9.07 Å². The number of aromatic nitrogens is 4. The molecular weight excluding hydrogens is 481 g/mol. The standard InChI is InChI=1S/C26H25ClFN7O/c1-15(8-9-36)31-24-17(12-29)13-30-26-21(24)10-19(11-22(26)27)32-25(16-2-4-18(28)5-3-16)23-14-35(34-33-23)20-6-7-20/h2-5,10-11,13-15,20,25,32,36H,6-9H2,1H3,(H,30,31). The first-order valence-electron chi connectivity index (χ1n) is 11.8. The Kier molecular flexibility index (Phi) is 6.72. The monoisotopic (exact) mass is 505 g/mol. The Balaban J connectivity index is 1.57. The van der Waals surface area contributed by atoms with Gasteiger partial charge < -0.3 is 15.7 Å². The minimum atomic E-state index is -0.413. The molecule has 1 aliphatic rings. The molecule has 2 heterocycles. The van der Waals surface area contributed by atoms with Crippen LogP contribution in [0.2, 0.25) is 5.02 Å². The maximum atomic E-state index is 13.7. The predicted octanol–water partition coefficient (Wildman–Crippen LogP) is 5.21. The van der Waals surface area contributed by atoms with Crippen LogP contribution in [-0.4, -0.2) is 37.7 Å². The summed E-state index contributed by atoms with van der Waals surface area (Å²) in [4.78, 5) is 4.40. The Morgan fingerprint density at radius 1 is 1.25 bits per heavy atom. The van der Waals surface area contributed by atoms with Gasteiger partial charge in [0.2, 0.25) is 0 Å². The zero-order chi connectivity index (χ0) is 25.2. The fourth-order valence-electron chi connectivity index (χ4n) is 4.19. The smallest absolute Gasteiger partial charge is 0.123 e. The van der Waals surface area contributed by atoms with Gasteiger partial charge >= 0.3 is 0 Å². The van der Waals surface area contributed by atoms with Crippen LogP contribution < -0.4 is 10.6 Å². The van der Waals surface area contributed by atoms with Gasteiger partial charge in [-0.2, -0.15) is 5.26 Å². The summed E-state index contributed by atoms with van der Waals surface area (Å²) in [5, 5.41) is 35.6. The first-order chi connectivity index (χ1) is 17.5. The van der Waals surface area contributed by atoms with Gasteiger partial charge in [0.25, 0.3) is 0 Å². The van der Waals surface area contributed by atoms with Crippen LogP contribution in [0.3, 0.4) is 0 Å². The van der Waals surface area contributed by atoms with Gasteiger partial charge in [0, 0.05) is 29.9 Å². The highest BCUT2D eigenvalue weighted by Crippen LogP contribution is 2.37. The molecule has 0 aliphatic heterocycles. The van der Waals surface area contributed by atoms with Gasteiger partial charge in [0.05, 0.1) is 40.1 Å². The van der Waals surface area contributed by atoms with E-state index in [2.05, 4.69) is 32.0 Å². The molecule has 3 N–H and O–H groups in total. The number of nitrogens with zero attached hydrogens (tertiary/aromatic N) is 5. The molecule has 1 fully saturated rings. The van der Waals surface area contributed by atoms with E-state index >= 15 is 0 Å². The SMILES string of the molecule is CC(CCO)Nc1c(C#N)cnc2c(Cl)cc(NC(c3ccc(F)cc3)c3cn(C4CC4)nn3)cc12. The molecule has 0 bridgehead atoms.